The minimum absolute atomic E-state index is 0.171. The Bertz CT molecular complexity index is 420. The van der Waals surface area contributed by atoms with Gasteiger partial charge in [-0.1, -0.05) is 23.7 Å². The van der Waals surface area contributed by atoms with Crippen molar-refractivity contribution in [1.29, 1.82) is 0 Å². The van der Waals surface area contributed by atoms with Crippen molar-refractivity contribution in [2.24, 2.45) is 0 Å². The molecule has 1 saturated carbocycles. The third-order valence-corrected chi connectivity index (χ3v) is 4.32. The number of methoxy groups -OCH3 is 1. The molecule has 1 fully saturated rings. The van der Waals surface area contributed by atoms with E-state index in [9.17, 15) is 4.79 Å². The van der Waals surface area contributed by atoms with Gasteiger partial charge in [0.05, 0.1) is 7.11 Å². The maximum absolute atomic E-state index is 11.6. The average Bonchev–Trinajstić information content (AvgIpc) is 3.23. The van der Waals surface area contributed by atoms with Gasteiger partial charge in [0.15, 0.2) is 0 Å². The van der Waals surface area contributed by atoms with E-state index in [1.54, 1.807) is 11.8 Å². The van der Waals surface area contributed by atoms with Crippen LogP contribution in [-0.2, 0) is 15.3 Å². The summed E-state index contributed by atoms with van der Waals surface area (Å²) in [5.74, 6) is 1.43. The van der Waals surface area contributed by atoms with Crippen LogP contribution < -0.4 is 5.32 Å². The van der Waals surface area contributed by atoms with E-state index in [4.69, 9.17) is 16.3 Å². The number of carbonyl (C=O) groups excluding carboxylic acids is 1. The summed E-state index contributed by atoms with van der Waals surface area (Å²) in [6.45, 7) is 0. The molecule has 0 saturated heterocycles. The van der Waals surface area contributed by atoms with Gasteiger partial charge in [-0.05, 0) is 30.5 Å². The van der Waals surface area contributed by atoms with Gasteiger partial charge >= 0.3 is 5.97 Å². The summed E-state index contributed by atoms with van der Waals surface area (Å²) in [5, 5.41) is 4.07. The van der Waals surface area contributed by atoms with Gasteiger partial charge in [0.2, 0.25) is 0 Å². The number of thioether (sulfide) groups is 1. The molecule has 1 aromatic carbocycles. The second-order valence-electron chi connectivity index (χ2n) is 4.66. The van der Waals surface area contributed by atoms with Crippen molar-refractivity contribution in [3.05, 3.63) is 34.9 Å². The van der Waals surface area contributed by atoms with E-state index in [2.05, 4.69) is 5.32 Å². The molecule has 2 rings (SSSR count). The fraction of sp³-hybridized carbons (Fsp3) is 0.500. The van der Waals surface area contributed by atoms with E-state index in [0.29, 0.717) is 6.04 Å². The number of ether oxygens (including phenoxy) is 1. The summed E-state index contributed by atoms with van der Waals surface area (Å²) in [4.78, 5) is 11.6. The number of nitrogens with one attached hydrogen (secondary N) is 1. The lowest BCUT2D eigenvalue weighted by Crippen LogP contribution is -2.41. The van der Waals surface area contributed by atoms with E-state index in [1.807, 2.05) is 24.3 Å². The largest absolute Gasteiger partial charge is 0.468 e. The topological polar surface area (TPSA) is 38.3 Å². The molecule has 104 valence electrons. The van der Waals surface area contributed by atoms with Gasteiger partial charge in [-0.2, -0.15) is 11.8 Å². The van der Waals surface area contributed by atoms with Crippen molar-refractivity contribution in [2.75, 3.05) is 12.9 Å². The Morgan fingerprint density at radius 1 is 1.47 bits per heavy atom. The Morgan fingerprint density at radius 3 is 2.74 bits per heavy atom. The highest BCUT2D eigenvalue weighted by molar-refractivity contribution is 7.98. The minimum atomic E-state index is -0.199. The van der Waals surface area contributed by atoms with Gasteiger partial charge in [-0.3, -0.25) is 4.79 Å². The molecule has 1 aliphatic rings. The molecule has 1 N–H and O–H groups in total. The molecule has 0 aromatic heterocycles. The van der Waals surface area contributed by atoms with E-state index in [1.165, 1.54) is 12.7 Å². The first-order chi connectivity index (χ1) is 9.19. The lowest BCUT2D eigenvalue weighted by molar-refractivity contribution is -0.142. The molecule has 3 nitrogen and oxygen atoms in total. The van der Waals surface area contributed by atoms with Crippen LogP contribution in [0, 0.1) is 0 Å². The molecule has 1 aliphatic carbocycles. The fourth-order valence-corrected chi connectivity index (χ4v) is 2.88. The second-order valence-corrected chi connectivity index (χ2v) is 6.12. The number of rotatable bonds is 7. The number of hydrogen-bond acceptors (Lipinski definition) is 4. The number of hydrogen-bond donors (Lipinski definition) is 1. The zero-order chi connectivity index (χ0) is 13.7. The molecule has 19 heavy (non-hydrogen) atoms. The molecule has 1 aromatic rings. The van der Waals surface area contributed by atoms with Gasteiger partial charge in [-0.25, -0.2) is 0 Å². The van der Waals surface area contributed by atoms with Crippen LogP contribution in [0.1, 0.15) is 18.4 Å². The van der Waals surface area contributed by atoms with Crippen LogP contribution in [-0.4, -0.2) is 30.9 Å². The first-order valence-electron chi connectivity index (χ1n) is 6.35. The lowest BCUT2D eigenvalue weighted by atomic mass is 10.2. The maximum atomic E-state index is 11.6. The van der Waals surface area contributed by atoms with Crippen LogP contribution >= 0.6 is 23.4 Å². The van der Waals surface area contributed by atoms with Crippen LogP contribution in [0.4, 0.5) is 0 Å². The van der Waals surface area contributed by atoms with Crippen molar-refractivity contribution in [1.82, 2.24) is 5.32 Å². The minimum Gasteiger partial charge on any atom is -0.468 e. The molecule has 0 bridgehead atoms. The Kier molecular flexibility index (Phi) is 5.55. The molecule has 1 unspecified atom stereocenters. The highest BCUT2D eigenvalue weighted by atomic mass is 35.5. The zero-order valence-electron chi connectivity index (χ0n) is 10.9. The molecule has 1 atom stereocenters. The summed E-state index contributed by atoms with van der Waals surface area (Å²) in [7, 11) is 1.44. The third kappa shape index (κ3) is 5.05. The quantitative estimate of drug-likeness (QED) is 0.786. The Labute approximate surface area is 123 Å². The predicted octanol–water partition coefficient (Wildman–Crippen LogP) is 2.87. The standard InChI is InChI=1S/C14H18ClNO2S/c1-18-14(17)13(16-12-6-7-12)9-19-8-10-2-4-11(15)5-3-10/h2-5,12-13,16H,6-9H2,1H3. The smallest absolute Gasteiger partial charge is 0.323 e. The van der Waals surface area contributed by atoms with Crippen molar-refractivity contribution < 1.29 is 9.53 Å². The van der Waals surface area contributed by atoms with Crippen molar-refractivity contribution >= 4 is 29.3 Å². The molecule has 5 heteroatoms. The fourth-order valence-electron chi connectivity index (χ4n) is 1.74. The first-order valence-corrected chi connectivity index (χ1v) is 7.88. The van der Waals surface area contributed by atoms with E-state index in [-0.39, 0.29) is 12.0 Å². The van der Waals surface area contributed by atoms with Crippen molar-refractivity contribution in [2.45, 2.75) is 30.7 Å². The summed E-state index contributed by atoms with van der Waals surface area (Å²) in [6, 6.07) is 8.10. The second kappa shape index (κ2) is 7.17. The summed E-state index contributed by atoms with van der Waals surface area (Å²) >= 11 is 7.57. The number of benzene rings is 1. The van der Waals surface area contributed by atoms with Crippen LogP contribution in [0.5, 0.6) is 0 Å². The number of carbonyl (C=O) groups is 1. The van der Waals surface area contributed by atoms with Gasteiger partial charge in [0.1, 0.15) is 6.04 Å². The Balaban J connectivity index is 1.77. The molecule has 0 radical (unpaired) electrons. The van der Waals surface area contributed by atoms with E-state index >= 15 is 0 Å². The first kappa shape index (κ1) is 14.7. The Morgan fingerprint density at radius 2 is 2.16 bits per heavy atom. The van der Waals surface area contributed by atoms with Gasteiger partial charge < -0.3 is 10.1 Å². The molecule has 0 amide bonds. The van der Waals surface area contributed by atoms with Crippen LogP contribution in [0.25, 0.3) is 0 Å². The Hall–Kier alpha value is -0.710. The monoisotopic (exact) mass is 299 g/mol. The van der Waals surface area contributed by atoms with Crippen molar-refractivity contribution in [3.8, 4) is 0 Å². The van der Waals surface area contributed by atoms with Gasteiger partial charge in [0.25, 0.3) is 0 Å². The summed E-state index contributed by atoms with van der Waals surface area (Å²) in [6.07, 6.45) is 2.32. The van der Waals surface area contributed by atoms with E-state index in [0.717, 1.165) is 29.4 Å². The summed E-state index contributed by atoms with van der Waals surface area (Å²) in [5.41, 5.74) is 1.21. The normalized spacial score (nSPS) is 16.1. The van der Waals surface area contributed by atoms with Gasteiger partial charge in [0, 0.05) is 22.6 Å². The number of esters is 1. The highest BCUT2D eigenvalue weighted by Gasteiger charge is 2.28. The lowest BCUT2D eigenvalue weighted by Gasteiger charge is -2.15. The average molecular weight is 300 g/mol. The molecule has 0 aliphatic heterocycles. The SMILES string of the molecule is COC(=O)C(CSCc1ccc(Cl)cc1)NC1CC1. The molecular formula is C14H18ClNO2S. The highest BCUT2D eigenvalue weighted by Crippen LogP contribution is 2.21. The third-order valence-electron chi connectivity index (χ3n) is 2.97. The number of halogens is 1. The van der Waals surface area contributed by atoms with Crippen LogP contribution in [0.3, 0.4) is 0 Å². The molecular weight excluding hydrogens is 282 g/mol. The maximum Gasteiger partial charge on any atom is 0.323 e. The summed E-state index contributed by atoms with van der Waals surface area (Å²) < 4.78 is 4.83. The van der Waals surface area contributed by atoms with Crippen LogP contribution in [0.15, 0.2) is 24.3 Å². The molecule has 0 spiro atoms. The predicted molar refractivity (Wildman–Crippen MR) is 79.6 cm³/mol. The van der Waals surface area contributed by atoms with Gasteiger partial charge in [-0.15, -0.1) is 0 Å². The van der Waals surface area contributed by atoms with Crippen molar-refractivity contribution in [3.63, 3.8) is 0 Å². The van der Waals surface area contributed by atoms with E-state index < -0.39 is 0 Å². The van der Waals surface area contributed by atoms with Crippen LogP contribution in [0.2, 0.25) is 5.02 Å². The molecule has 0 heterocycles. The zero-order valence-corrected chi connectivity index (χ0v) is 12.5.